The second kappa shape index (κ2) is 3.21. The Labute approximate surface area is 79.6 Å². The molecule has 0 radical (unpaired) electrons. The molecular weight excluding hydrogens is 186 g/mol. The van der Waals surface area contributed by atoms with Crippen LogP contribution in [0.2, 0.25) is 0 Å². The van der Waals surface area contributed by atoms with Gasteiger partial charge in [0.1, 0.15) is 5.82 Å². The molecule has 0 saturated carbocycles. The fourth-order valence-corrected chi connectivity index (χ4v) is 1.45. The minimum Gasteiger partial charge on any atom is -0.396 e. The molecule has 0 amide bonds. The van der Waals surface area contributed by atoms with E-state index in [1.165, 1.54) is 16.7 Å². The fraction of sp³-hybridized carbons (Fsp3) is 0.100. The highest BCUT2D eigenvalue weighted by Crippen LogP contribution is 2.20. The first-order valence-corrected chi connectivity index (χ1v) is 4.16. The molecule has 1 aromatic heterocycles. The van der Waals surface area contributed by atoms with Gasteiger partial charge in [0.05, 0.1) is 11.1 Å². The molecule has 0 aliphatic heterocycles. The molecule has 0 aliphatic carbocycles. The lowest BCUT2D eigenvalue weighted by Crippen LogP contribution is -2.31. The van der Waals surface area contributed by atoms with Crippen molar-refractivity contribution in [3.63, 3.8) is 0 Å². The van der Waals surface area contributed by atoms with E-state index in [2.05, 4.69) is 0 Å². The normalized spacial score (nSPS) is 10.7. The maximum Gasteiger partial charge on any atom is 0.290 e. The van der Waals surface area contributed by atoms with Crippen molar-refractivity contribution in [3.8, 4) is 0 Å². The molecule has 1 heterocycles. The summed E-state index contributed by atoms with van der Waals surface area (Å²) in [5.74, 6) is -0.478. The molecule has 0 fully saturated rings. The van der Waals surface area contributed by atoms with Gasteiger partial charge in [-0.3, -0.25) is 0 Å². The predicted molar refractivity (Wildman–Crippen MR) is 49.6 cm³/mol. The summed E-state index contributed by atoms with van der Waals surface area (Å²) in [5, 5.41) is 0.533. The summed E-state index contributed by atoms with van der Waals surface area (Å²) in [5.41, 5.74) is 6.18. The summed E-state index contributed by atoms with van der Waals surface area (Å²) in [6, 6.07) is 6.06. The number of nitrogens with zero attached hydrogens (tertiary/aromatic N) is 1. The molecule has 4 heteroatoms. The van der Waals surface area contributed by atoms with Crippen LogP contribution in [0.15, 0.2) is 30.5 Å². The number of rotatable bonds is 1. The minimum absolute atomic E-state index is 0.0605. The molecule has 2 aromatic rings. The number of alkyl halides is 1. The van der Waals surface area contributed by atoms with E-state index in [-0.39, 0.29) is 5.69 Å². The van der Waals surface area contributed by atoms with Gasteiger partial charge in [-0.05, 0) is 12.1 Å². The number of nitrogen functional groups attached to an aromatic ring is 1. The summed E-state index contributed by atoms with van der Waals surface area (Å²) >= 11 is 0. The first-order chi connectivity index (χ1) is 6.74. The molecule has 0 spiro atoms. The highest BCUT2D eigenvalue weighted by Gasteiger charge is 2.11. The SMILES string of the molecule is Nc1c(F)ccc2c1ccc[n+]2CF. The Morgan fingerprint density at radius 2 is 2.07 bits per heavy atom. The number of aromatic nitrogens is 1. The first-order valence-electron chi connectivity index (χ1n) is 4.16. The van der Waals surface area contributed by atoms with Gasteiger partial charge in [-0.15, -0.1) is 0 Å². The highest BCUT2D eigenvalue weighted by atomic mass is 19.1. The number of nitrogens with two attached hydrogens (primary N) is 1. The van der Waals surface area contributed by atoms with Gasteiger partial charge >= 0.3 is 0 Å². The second-order valence-corrected chi connectivity index (χ2v) is 2.99. The quantitative estimate of drug-likeness (QED) is 0.545. The number of anilines is 1. The topological polar surface area (TPSA) is 29.9 Å². The van der Waals surface area contributed by atoms with Crippen LogP contribution < -0.4 is 10.3 Å². The molecular formula is C10H9F2N2+. The van der Waals surface area contributed by atoms with E-state index >= 15 is 0 Å². The summed E-state index contributed by atoms with van der Waals surface area (Å²) in [6.07, 6.45) is 1.58. The maximum atomic E-state index is 13.1. The lowest BCUT2D eigenvalue weighted by Gasteiger charge is -2.01. The zero-order valence-electron chi connectivity index (χ0n) is 7.37. The van der Waals surface area contributed by atoms with Crippen LogP contribution in [0.5, 0.6) is 0 Å². The third-order valence-corrected chi connectivity index (χ3v) is 2.18. The maximum absolute atomic E-state index is 13.1. The van der Waals surface area contributed by atoms with E-state index in [9.17, 15) is 8.78 Å². The molecule has 72 valence electrons. The Morgan fingerprint density at radius 3 is 2.79 bits per heavy atom. The fourth-order valence-electron chi connectivity index (χ4n) is 1.45. The third-order valence-electron chi connectivity index (χ3n) is 2.18. The molecule has 0 aliphatic rings. The van der Waals surface area contributed by atoms with Crippen molar-refractivity contribution in [2.45, 2.75) is 6.80 Å². The molecule has 2 N–H and O–H groups in total. The Hall–Kier alpha value is -1.71. The Balaban J connectivity index is 2.86. The Bertz CT molecular complexity index is 483. The number of halogens is 2. The largest absolute Gasteiger partial charge is 0.396 e. The lowest BCUT2D eigenvalue weighted by molar-refractivity contribution is -0.694. The summed E-state index contributed by atoms with van der Waals surface area (Å²) in [6.45, 7) is -0.650. The van der Waals surface area contributed by atoms with Crippen LogP contribution in [-0.4, -0.2) is 0 Å². The summed E-state index contributed by atoms with van der Waals surface area (Å²) in [7, 11) is 0. The van der Waals surface area contributed by atoms with Crippen molar-refractivity contribution in [1.82, 2.24) is 0 Å². The van der Waals surface area contributed by atoms with Crippen molar-refractivity contribution in [1.29, 1.82) is 0 Å². The Morgan fingerprint density at radius 1 is 1.29 bits per heavy atom. The molecule has 14 heavy (non-hydrogen) atoms. The van der Waals surface area contributed by atoms with Crippen molar-refractivity contribution < 1.29 is 13.3 Å². The number of pyridine rings is 1. The van der Waals surface area contributed by atoms with Crippen molar-refractivity contribution in [2.24, 2.45) is 0 Å². The average Bonchev–Trinajstić information content (AvgIpc) is 2.23. The highest BCUT2D eigenvalue weighted by molar-refractivity contribution is 5.88. The predicted octanol–water partition coefficient (Wildman–Crippen LogP) is 1.78. The van der Waals surface area contributed by atoms with Crippen LogP contribution in [-0.2, 0) is 6.80 Å². The number of hydrogen-bond acceptors (Lipinski definition) is 1. The first kappa shape index (κ1) is 8.87. The molecule has 0 saturated heterocycles. The van der Waals surface area contributed by atoms with Crippen LogP contribution in [0, 0.1) is 5.82 Å². The van der Waals surface area contributed by atoms with Crippen molar-refractivity contribution in [2.75, 3.05) is 5.73 Å². The van der Waals surface area contributed by atoms with Crippen LogP contribution in [0.25, 0.3) is 10.9 Å². The molecule has 0 unspecified atom stereocenters. The lowest BCUT2D eigenvalue weighted by atomic mass is 10.2. The second-order valence-electron chi connectivity index (χ2n) is 2.99. The molecule has 2 rings (SSSR count). The zero-order chi connectivity index (χ0) is 10.1. The Kier molecular flexibility index (Phi) is 2.04. The van der Waals surface area contributed by atoms with E-state index in [0.29, 0.717) is 10.9 Å². The van der Waals surface area contributed by atoms with E-state index in [0.717, 1.165) is 0 Å². The molecule has 0 atom stereocenters. The van der Waals surface area contributed by atoms with Crippen LogP contribution >= 0.6 is 0 Å². The van der Waals surface area contributed by atoms with Crippen LogP contribution in [0.1, 0.15) is 0 Å². The molecule has 0 bridgehead atoms. The smallest absolute Gasteiger partial charge is 0.290 e. The van der Waals surface area contributed by atoms with E-state index in [1.807, 2.05) is 0 Å². The summed E-state index contributed by atoms with van der Waals surface area (Å²) in [4.78, 5) is 0. The monoisotopic (exact) mass is 195 g/mol. The molecule has 2 nitrogen and oxygen atoms in total. The number of benzene rings is 1. The van der Waals surface area contributed by atoms with E-state index in [1.54, 1.807) is 18.3 Å². The number of fused-ring (bicyclic) bond motifs is 1. The van der Waals surface area contributed by atoms with Crippen LogP contribution in [0.4, 0.5) is 14.5 Å². The van der Waals surface area contributed by atoms with E-state index < -0.39 is 12.6 Å². The van der Waals surface area contributed by atoms with Crippen LogP contribution in [0.3, 0.4) is 0 Å². The molecule has 1 aromatic carbocycles. The van der Waals surface area contributed by atoms with Gasteiger partial charge in [-0.1, -0.05) is 0 Å². The van der Waals surface area contributed by atoms with Crippen molar-refractivity contribution in [3.05, 3.63) is 36.3 Å². The van der Waals surface area contributed by atoms with Gasteiger partial charge < -0.3 is 5.73 Å². The number of hydrogen-bond donors (Lipinski definition) is 1. The van der Waals surface area contributed by atoms with Gasteiger partial charge in [0.15, 0.2) is 6.20 Å². The van der Waals surface area contributed by atoms with Crippen molar-refractivity contribution >= 4 is 16.6 Å². The van der Waals surface area contributed by atoms with Gasteiger partial charge in [0.25, 0.3) is 6.80 Å². The third kappa shape index (κ3) is 1.19. The minimum atomic E-state index is -0.650. The van der Waals surface area contributed by atoms with Gasteiger partial charge in [-0.2, -0.15) is 8.96 Å². The standard InChI is InChI=1S/C10H8F2N2/c11-6-14-5-1-2-7-9(14)4-3-8(12)10(7)13/h1-5,13H,6H2/p+1. The van der Waals surface area contributed by atoms with Gasteiger partial charge in [0.2, 0.25) is 5.52 Å². The van der Waals surface area contributed by atoms with Gasteiger partial charge in [-0.25, -0.2) is 4.39 Å². The zero-order valence-corrected chi connectivity index (χ0v) is 7.37. The van der Waals surface area contributed by atoms with Gasteiger partial charge in [0, 0.05) is 12.1 Å². The summed E-state index contributed by atoms with van der Waals surface area (Å²) < 4.78 is 26.9. The van der Waals surface area contributed by atoms with E-state index in [4.69, 9.17) is 5.73 Å². The average molecular weight is 195 g/mol.